The van der Waals surface area contributed by atoms with Crippen molar-refractivity contribution in [2.24, 2.45) is 5.92 Å². The monoisotopic (exact) mass is 327 g/mol. The van der Waals surface area contributed by atoms with Crippen LogP contribution in [0.5, 0.6) is 5.75 Å². The van der Waals surface area contributed by atoms with Gasteiger partial charge >= 0.3 is 0 Å². The molecule has 1 aliphatic heterocycles. The van der Waals surface area contributed by atoms with E-state index in [4.69, 9.17) is 4.74 Å². The first-order chi connectivity index (χ1) is 10.2. The normalized spacial score (nSPS) is 14.6. The van der Waals surface area contributed by atoms with E-state index in [1.165, 1.54) is 7.11 Å². The summed E-state index contributed by atoms with van der Waals surface area (Å²) in [5.41, 5.74) is 0.915. The highest BCUT2D eigenvalue weighted by Crippen LogP contribution is 2.23. The third-order valence-electron chi connectivity index (χ3n) is 3.67. The van der Waals surface area contributed by atoms with Gasteiger partial charge in [0.1, 0.15) is 5.75 Å². The Kier molecular flexibility index (Phi) is 7.14. The lowest BCUT2D eigenvalue weighted by Gasteiger charge is -2.22. The van der Waals surface area contributed by atoms with Crippen LogP contribution in [0.1, 0.15) is 23.2 Å². The van der Waals surface area contributed by atoms with Crippen molar-refractivity contribution >= 4 is 29.9 Å². The van der Waals surface area contributed by atoms with Crippen LogP contribution in [-0.2, 0) is 4.79 Å². The number of benzene rings is 1. The van der Waals surface area contributed by atoms with E-state index in [0.29, 0.717) is 17.0 Å². The summed E-state index contributed by atoms with van der Waals surface area (Å²) in [5.74, 6) is 0.278. The zero-order valence-corrected chi connectivity index (χ0v) is 13.6. The lowest BCUT2D eigenvalue weighted by atomic mass is 9.97. The minimum Gasteiger partial charge on any atom is -0.497 e. The van der Waals surface area contributed by atoms with E-state index in [1.54, 1.807) is 25.2 Å². The Bertz CT molecular complexity index is 531. The number of halogens is 1. The fourth-order valence-electron chi connectivity index (χ4n) is 2.40. The summed E-state index contributed by atoms with van der Waals surface area (Å²) in [4.78, 5) is 24.2. The van der Waals surface area contributed by atoms with Crippen LogP contribution in [0.15, 0.2) is 18.2 Å². The number of anilines is 1. The van der Waals surface area contributed by atoms with Crippen molar-refractivity contribution < 1.29 is 14.3 Å². The first-order valence-electron chi connectivity index (χ1n) is 7.07. The number of amides is 2. The van der Waals surface area contributed by atoms with Gasteiger partial charge in [0.2, 0.25) is 5.91 Å². The number of hydrogen-bond acceptors (Lipinski definition) is 4. The molecule has 1 aromatic rings. The van der Waals surface area contributed by atoms with Crippen molar-refractivity contribution in [3.05, 3.63) is 23.8 Å². The van der Waals surface area contributed by atoms with Crippen molar-refractivity contribution in [3.8, 4) is 5.75 Å². The van der Waals surface area contributed by atoms with Gasteiger partial charge in [-0.3, -0.25) is 9.59 Å². The molecule has 0 bridgehead atoms. The number of carbonyl (C=O) groups is 2. The summed E-state index contributed by atoms with van der Waals surface area (Å²) in [5, 5.41) is 8.66. The summed E-state index contributed by atoms with van der Waals surface area (Å²) < 4.78 is 5.12. The van der Waals surface area contributed by atoms with Crippen LogP contribution in [0.2, 0.25) is 0 Å². The number of ether oxygens (including phenoxy) is 1. The highest BCUT2D eigenvalue weighted by molar-refractivity contribution is 6.04. The van der Waals surface area contributed by atoms with E-state index in [1.807, 2.05) is 0 Å². The minimum atomic E-state index is -0.255. The Morgan fingerprint density at radius 1 is 1.27 bits per heavy atom. The number of methoxy groups -OCH3 is 1. The van der Waals surface area contributed by atoms with Gasteiger partial charge < -0.3 is 20.7 Å². The molecule has 2 rings (SSSR count). The molecule has 1 heterocycles. The first-order valence-corrected chi connectivity index (χ1v) is 7.07. The molecule has 0 spiro atoms. The molecule has 0 atom stereocenters. The highest BCUT2D eigenvalue weighted by atomic mass is 35.5. The average molecular weight is 328 g/mol. The van der Waals surface area contributed by atoms with Gasteiger partial charge in [0, 0.05) is 13.0 Å². The van der Waals surface area contributed by atoms with Crippen LogP contribution >= 0.6 is 12.4 Å². The molecule has 0 saturated carbocycles. The smallest absolute Gasteiger partial charge is 0.253 e. The quantitative estimate of drug-likeness (QED) is 0.781. The fourth-order valence-corrected chi connectivity index (χ4v) is 2.40. The lowest BCUT2D eigenvalue weighted by Crippen LogP contribution is -2.35. The molecule has 0 unspecified atom stereocenters. The topological polar surface area (TPSA) is 79.5 Å². The second-order valence-corrected chi connectivity index (χ2v) is 5.00. The Hall–Kier alpha value is -1.79. The van der Waals surface area contributed by atoms with Crippen molar-refractivity contribution in [1.29, 1.82) is 0 Å². The molecule has 1 aromatic carbocycles. The minimum absolute atomic E-state index is 0. The summed E-state index contributed by atoms with van der Waals surface area (Å²) in [6.07, 6.45) is 1.63. The third kappa shape index (κ3) is 4.35. The molecule has 7 heteroatoms. The molecule has 3 N–H and O–H groups in total. The number of piperidine rings is 1. The SMILES string of the molecule is CNC(=O)c1cc(OC)ccc1NC(=O)C1CCNCC1.Cl. The standard InChI is InChI=1S/C15H21N3O3.ClH/c1-16-15(20)12-9-11(21-2)3-4-13(12)18-14(19)10-5-7-17-8-6-10;/h3-4,9-10,17H,5-8H2,1-2H3,(H,16,20)(H,18,19);1H. The van der Waals surface area contributed by atoms with E-state index in [-0.39, 0.29) is 30.1 Å². The van der Waals surface area contributed by atoms with Crippen LogP contribution in [0.25, 0.3) is 0 Å². The van der Waals surface area contributed by atoms with E-state index in [2.05, 4.69) is 16.0 Å². The van der Waals surface area contributed by atoms with E-state index < -0.39 is 0 Å². The molecule has 22 heavy (non-hydrogen) atoms. The van der Waals surface area contributed by atoms with Gasteiger partial charge in [-0.1, -0.05) is 0 Å². The molecular weight excluding hydrogens is 306 g/mol. The van der Waals surface area contributed by atoms with E-state index in [9.17, 15) is 9.59 Å². The maximum Gasteiger partial charge on any atom is 0.253 e. The Balaban J connectivity index is 0.00000242. The molecule has 0 aliphatic carbocycles. The first kappa shape index (κ1) is 18.3. The maximum atomic E-state index is 12.3. The van der Waals surface area contributed by atoms with E-state index >= 15 is 0 Å². The van der Waals surface area contributed by atoms with Crippen molar-refractivity contribution in [3.63, 3.8) is 0 Å². The van der Waals surface area contributed by atoms with Crippen LogP contribution in [0.4, 0.5) is 5.69 Å². The molecular formula is C15H22ClN3O3. The summed E-state index contributed by atoms with van der Waals surface area (Å²) in [6, 6.07) is 5.05. The van der Waals surface area contributed by atoms with Gasteiger partial charge in [0.25, 0.3) is 5.91 Å². The summed E-state index contributed by atoms with van der Waals surface area (Å²) >= 11 is 0. The fraction of sp³-hybridized carbons (Fsp3) is 0.467. The predicted molar refractivity (Wildman–Crippen MR) is 87.9 cm³/mol. The van der Waals surface area contributed by atoms with Gasteiger partial charge in [-0.15, -0.1) is 12.4 Å². The van der Waals surface area contributed by atoms with Crippen LogP contribution in [0.3, 0.4) is 0 Å². The lowest BCUT2D eigenvalue weighted by molar-refractivity contribution is -0.120. The van der Waals surface area contributed by atoms with Crippen molar-refractivity contribution in [2.45, 2.75) is 12.8 Å². The van der Waals surface area contributed by atoms with Crippen LogP contribution in [0, 0.1) is 5.92 Å². The highest BCUT2D eigenvalue weighted by Gasteiger charge is 2.22. The number of rotatable bonds is 4. The largest absolute Gasteiger partial charge is 0.497 e. The van der Waals surface area contributed by atoms with Gasteiger partial charge in [-0.2, -0.15) is 0 Å². The molecule has 1 fully saturated rings. The Morgan fingerprint density at radius 2 is 1.95 bits per heavy atom. The van der Waals surface area contributed by atoms with Gasteiger partial charge in [-0.25, -0.2) is 0 Å². The molecule has 1 saturated heterocycles. The zero-order chi connectivity index (χ0) is 15.2. The van der Waals surface area contributed by atoms with Crippen molar-refractivity contribution in [2.75, 3.05) is 32.6 Å². The second kappa shape index (κ2) is 8.60. The molecule has 1 aliphatic rings. The van der Waals surface area contributed by atoms with Crippen LogP contribution in [-0.4, -0.2) is 39.1 Å². The molecule has 0 radical (unpaired) electrons. The molecule has 0 aromatic heterocycles. The van der Waals surface area contributed by atoms with Crippen LogP contribution < -0.4 is 20.7 Å². The van der Waals surface area contributed by atoms with Gasteiger partial charge in [-0.05, 0) is 44.1 Å². The van der Waals surface area contributed by atoms with Gasteiger partial charge in [0.05, 0.1) is 18.4 Å². The predicted octanol–water partition coefficient (Wildman–Crippen LogP) is 1.41. The summed E-state index contributed by atoms with van der Waals surface area (Å²) in [7, 11) is 3.09. The van der Waals surface area contributed by atoms with Crippen molar-refractivity contribution in [1.82, 2.24) is 10.6 Å². The van der Waals surface area contributed by atoms with Gasteiger partial charge in [0.15, 0.2) is 0 Å². The third-order valence-corrected chi connectivity index (χ3v) is 3.67. The Morgan fingerprint density at radius 3 is 2.55 bits per heavy atom. The number of carbonyl (C=O) groups excluding carboxylic acids is 2. The zero-order valence-electron chi connectivity index (χ0n) is 12.8. The molecule has 2 amide bonds. The molecule has 122 valence electrons. The Labute approximate surface area is 136 Å². The second-order valence-electron chi connectivity index (χ2n) is 5.00. The summed E-state index contributed by atoms with van der Waals surface area (Å²) in [6.45, 7) is 1.70. The maximum absolute atomic E-state index is 12.3. The molecule has 6 nitrogen and oxygen atoms in total. The average Bonchev–Trinajstić information content (AvgIpc) is 2.55. The number of nitrogens with one attached hydrogen (secondary N) is 3. The number of hydrogen-bond donors (Lipinski definition) is 3. The van der Waals surface area contributed by atoms with E-state index in [0.717, 1.165) is 25.9 Å².